The largest absolute Gasteiger partial charge is 0.465 e. The van der Waals surface area contributed by atoms with E-state index in [-0.39, 0.29) is 18.8 Å². The number of nitrogens with zero attached hydrogens (tertiary/aromatic N) is 4. The van der Waals surface area contributed by atoms with Crippen molar-refractivity contribution in [2.45, 2.75) is 13.5 Å². The highest BCUT2D eigenvalue weighted by molar-refractivity contribution is 5.79. The highest BCUT2D eigenvalue weighted by Crippen LogP contribution is 2.18. The molecule has 0 saturated carbocycles. The zero-order valence-corrected chi connectivity index (χ0v) is 9.57. The van der Waals surface area contributed by atoms with Crippen molar-refractivity contribution < 1.29 is 14.5 Å². The molecule has 0 aliphatic carbocycles. The van der Waals surface area contributed by atoms with E-state index < -0.39 is 10.9 Å². The number of hydrogen-bond donors (Lipinski definition) is 0. The Morgan fingerprint density at radius 1 is 1.56 bits per heavy atom. The summed E-state index contributed by atoms with van der Waals surface area (Å²) in [6, 6.07) is 4.16. The summed E-state index contributed by atoms with van der Waals surface area (Å²) >= 11 is 0. The Morgan fingerprint density at radius 2 is 2.33 bits per heavy atom. The fraction of sp³-hybridized carbons (Fsp3) is 0.300. The lowest BCUT2D eigenvalue weighted by Crippen LogP contribution is -2.14. The summed E-state index contributed by atoms with van der Waals surface area (Å²) in [5.74, 6) is -0.462. The van der Waals surface area contributed by atoms with Crippen molar-refractivity contribution in [3.05, 3.63) is 28.3 Å². The van der Waals surface area contributed by atoms with Gasteiger partial charge in [-0.1, -0.05) is 5.21 Å². The molecule has 8 nitrogen and oxygen atoms in total. The Hall–Kier alpha value is -2.51. The minimum absolute atomic E-state index is 0.0742. The Morgan fingerprint density at radius 3 is 3.00 bits per heavy atom. The molecule has 0 N–H and O–H groups in total. The van der Waals surface area contributed by atoms with Crippen LogP contribution in [0.15, 0.2) is 18.2 Å². The number of aromatic nitrogens is 3. The van der Waals surface area contributed by atoms with Crippen LogP contribution in [0.4, 0.5) is 5.69 Å². The molecule has 0 fully saturated rings. The van der Waals surface area contributed by atoms with Gasteiger partial charge in [-0.05, 0) is 13.0 Å². The lowest BCUT2D eigenvalue weighted by molar-refractivity contribution is -0.384. The lowest BCUT2D eigenvalue weighted by atomic mass is 10.3. The van der Waals surface area contributed by atoms with Crippen molar-refractivity contribution in [2.75, 3.05) is 6.61 Å². The molecule has 0 spiro atoms. The molecule has 1 aromatic carbocycles. The van der Waals surface area contributed by atoms with Gasteiger partial charge in [0.2, 0.25) is 0 Å². The van der Waals surface area contributed by atoms with E-state index in [0.717, 1.165) is 0 Å². The number of nitro groups is 1. The highest BCUT2D eigenvalue weighted by Gasteiger charge is 2.13. The maximum atomic E-state index is 11.3. The van der Waals surface area contributed by atoms with E-state index >= 15 is 0 Å². The maximum absolute atomic E-state index is 11.3. The molecule has 0 aliphatic heterocycles. The molecule has 0 atom stereocenters. The van der Waals surface area contributed by atoms with Crippen LogP contribution in [-0.2, 0) is 16.1 Å². The van der Waals surface area contributed by atoms with Crippen LogP contribution in [0.3, 0.4) is 0 Å². The quantitative estimate of drug-likeness (QED) is 0.454. The molecule has 18 heavy (non-hydrogen) atoms. The van der Waals surface area contributed by atoms with Gasteiger partial charge in [0.15, 0.2) is 0 Å². The topological polar surface area (TPSA) is 100 Å². The molecular weight excluding hydrogens is 240 g/mol. The molecule has 0 radical (unpaired) electrons. The first-order valence-electron chi connectivity index (χ1n) is 5.25. The highest BCUT2D eigenvalue weighted by atomic mass is 16.6. The summed E-state index contributed by atoms with van der Waals surface area (Å²) in [7, 11) is 0. The number of carbonyl (C=O) groups is 1. The Bertz CT molecular complexity index is 607. The molecule has 8 heteroatoms. The van der Waals surface area contributed by atoms with Gasteiger partial charge in [0.25, 0.3) is 5.69 Å². The van der Waals surface area contributed by atoms with Crippen molar-refractivity contribution in [3.8, 4) is 0 Å². The van der Waals surface area contributed by atoms with Crippen LogP contribution in [-0.4, -0.2) is 32.5 Å². The van der Waals surface area contributed by atoms with E-state index in [9.17, 15) is 14.9 Å². The summed E-state index contributed by atoms with van der Waals surface area (Å²) in [6.45, 7) is 1.85. The molecule has 0 amide bonds. The van der Waals surface area contributed by atoms with Gasteiger partial charge in [0, 0.05) is 12.1 Å². The summed E-state index contributed by atoms with van der Waals surface area (Å²) in [5.41, 5.74) is 0.845. The smallest absolute Gasteiger partial charge is 0.327 e. The van der Waals surface area contributed by atoms with E-state index in [4.69, 9.17) is 4.74 Å². The SMILES string of the molecule is CCOC(=O)Cn1nnc2ccc([N+](=O)[O-])cc21. The second kappa shape index (κ2) is 4.78. The van der Waals surface area contributed by atoms with Crippen LogP contribution in [0, 0.1) is 10.1 Å². The molecule has 0 aliphatic rings. The third-order valence-electron chi connectivity index (χ3n) is 2.29. The second-order valence-corrected chi connectivity index (χ2v) is 3.48. The van der Waals surface area contributed by atoms with Gasteiger partial charge in [0.05, 0.1) is 17.0 Å². The van der Waals surface area contributed by atoms with Crippen molar-refractivity contribution in [1.82, 2.24) is 15.0 Å². The van der Waals surface area contributed by atoms with Crippen LogP contribution in [0.25, 0.3) is 11.0 Å². The fourth-order valence-electron chi connectivity index (χ4n) is 1.51. The molecule has 1 aromatic heterocycles. The van der Waals surface area contributed by atoms with E-state index in [1.807, 2.05) is 0 Å². The van der Waals surface area contributed by atoms with Crippen molar-refractivity contribution in [2.24, 2.45) is 0 Å². The molecular formula is C10H10N4O4. The number of hydrogen-bond acceptors (Lipinski definition) is 6. The number of esters is 1. The van der Waals surface area contributed by atoms with Crippen LogP contribution in [0.2, 0.25) is 0 Å². The molecule has 2 aromatic rings. The minimum atomic E-state index is -0.513. The third-order valence-corrected chi connectivity index (χ3v) is 2.29. The van der Waals surface area contributed by atoms with Gasteiger partial charge < -0.3 is 4.74 Å². The molecule has 0 unspecified atom stereocenters. The van der Waals surface area contributed by atoms with Crippen molar-refractivity contribution >= 4 is 22.7 Å². The molecule has 2 rings (SSSR count). The summed E-state index contributed by atoms with van der Waals surface area (Å²) in [6.07, 6.45) is 0. The first kappa shape index (κ1) is 12.0. The van der Waals surface area contributed by atoms with Crippen molar-refractivity contribution in [1.29, 1.82) is 0 Å². The maximum Gasteiger partial charge on any atom is 0.327 e. The number of nitro benzene ring substituents is 1. The van der Waals surface area contributed by atoms with Gasteiger partial charge in [-0.2, -0.15) is 0 Å². The predicted octanol–water partition coefficient (Wildman–Crippen LogP) is 0.903. The van der Waals surface area contributed by atoms with E-state index in [1.165, 1.54) is 22.9 Å². The van der Waals surface area contributed by atoms with Gasteiger partial charge in [0.1, 0.15) is 12.1 Å². The molecule has 0 saturated heterocycles. The average molecular weight is 250 g/mol. The minimum Gasteiger partial charge on any atom is -0.465 e. The molecule has 1 heterocycles. The standard InChI is InChI=1S/C10H10N4O4/c1-2-18-10(15)6-13-9-5-7(14(16)17)3-4-8(9)11-12-13/h3-5H,2,6H2,1H3. The number of carbonyl (C=O) groups excluding carboxylic acids is 1. The Kier molecular flexibility index (Phi) is 3.18. The van der Waals surface area contributed by atoms with Crippen LogP contribution >= 0.6 is 0 Å². The monoisotopic (exact) mass is 250 g/mol. The second-order valence-electron chi connectivity index (χ2n) is 3.48. The van der Waals surface area contributed by atoms with Gasteiger partial charge >= 0.3 is 5.97 Å². The number of benzene rings is 1. The third kappa shape index (κ3) is 2.26. The zero-order valence-electron chi connectivity index (χ0n) is 9.57. The van der Waals surface area contributed by atoms with Gasteiger partial charge in [-0.25, -0.2) is 4.68 Å². The Labute approximate surface area is 101 Å². The lowest BCUT2D eigenvalue weighted by Gasteiger charge is -2.02. The average Bonchev–Trinajstić information content (AvgIpc) is 2.72. The number of non-ortho nitro benzene ring substituents is 1. The van der Waals surface area contributed by atoms with Crippen molar-refractivity contribution in [3.63, 3.8) is 0 Å². The van der Waals surface area contributed by atoms with E-state index in [1.54, 1.807) is 6.92 Å². The number of ether oxygens (including phenoxy) is 1. The first-order chi connectivity index (χ1) is 8.61. The van der Waals surface area contributed by atoms with E-state index in [2.05, 4.69) is 10.3 Å². The normalized spacial score (nSPS) is 10.5. The van der Waals surface area contributed by atoms with Gasteiger partial charge in [-0.15, -0.1) is 5.10 Å². The van der Waals surface area contributed by atoms with Crippen LogP contribution < -0.4 is 0 Å². The fourth-order valence-corrected chi connectivity index (χ4v) is 1.51. The first-order valence-corrected chi connectivity index (χ1v) is 5.25. The molecule has 94 valence electrons. The zero-order chi connectivity index (χ0) is 13.1. The summed E-state index contributed by atoms with van der Waals surface area (Å²) in [4.78, 5) is 21.5. The molecule has 0 bridgehead atoms. The predicted molar refractivity (Wildman–Crippen MR) is 60.8 cm³/mol. The Balaban J connectivity index is 2.36. The number of fused-ring (bicyclic) bond motifs is 1. The van der Waals surface area contributed by atoms with Crippen LogP contribution in [0.5, 0.6) is 0 Å². The van der Waals surface area contributed by atoms with Gasteiger partial charge in [-0.3, -0.25) is 14.9 Å². The van der Waals surface area contributed by atoms with Crippen LogP contribution in [0.1, 0.15) is 6.92 Å². The summed E-state index contributed by atoms with van der Waals surface area (Å²) < 4.78 is 6.06. The summed E-state index contributed by atoms with van der Waals surface area (Å²) in [5, 5.41) is 18.2. The van der Waals surface area contributed by atoms with E-state index in [0.29, 0.717) is 11.0 Å². The number of rotatable bonds is 4.